The van der Waals surface area contributed by atoms with Gasteiger partial charge in [-0.05, 0) is 44.9 Å². The number of hydrogen-bond donors (Lipinski definition) is 1. The highest BCUT2D eigenvalue weighted by atomic mass is 19.1. The van der Waals surface area contributed by atoms with Crippen molar-refractivity contribution in [3.63, 3.8) is 0 Å². The molecule has 3 nitrogen and oxygen atoms in total. The Labute approximate surface area is 147 Å². The Morgan fingerprint density at radius 2 is 1.80 bits per heavy atom. The zero-order chi connectivity index (χ0) is 18.0. The number of para-hydroxylation sites is 1. The molecule has 1 N–H and O–H groups in total. The standard InChI is InChI=1S/C20H24F2N2O/c1-13-11-16(14(2)24(13)15-7-4-3-5-8-15)19(25)12-23-20-17(21)9-6-10-18(20)22/h6,9-11,15,23H,3-5,7-8,12H2,1-2H3. The van der Waals surface area contributed by atoms with Gasteiger partial charge >= 0.3 is 0 Å². The number of rotatable bonds is 5. The maximum absolute atomic E-state index is 13.7. The minimum absolute atomic E-state index is 0.132. The molecule has 0 spiro atoms. The van der Waals surface area contributed by atoms with Gasteiger partial charge in [0.25, 0.3) is 0 Å². The molecular weight excluding hydrogens is 322 g/mol. The molecule has 2 aromatic rings. The SMILES string of the molecule is Cc1cc(C(=O)CNc2c(F)cccc2F)c(C)n1C1CCCCC1. The highest BCUT2D eigenvalue weighted by Gasteiger charge is 2.22. The molecule has 0 saturated heterocycles. The number of anilines is 1. The van der Waals surface area contributed by atoms with Crippen LogP contribution in [0.4, 0.5) is 14.5 Å². The largest absolute Gasteiger partial charge is 0.373 e. The monoisotopic (exact) mass is 346 g/mol. The zero-order valence-corrected chi connectivity index (χ0v) is 14.7. The smallest absolute Gasteiger partial charge is 0.183 e. The molecule has 134 valence electrons. The number of halogens is 2. The van der Waals surface area contributed by atoms with E-state index in [1.54, 1.807) is 0 Å². The quantitative estimate of drug-likeness (QED) is 0.757. The molecule has 0 aliphatic heterocycles. The first-order chi connectivity index (χ1) is 12.0. The number of ketones is 1. The lowest BCUT2D eigenvalue weighted by molar-refractivity contribution is 0.100. The van der Waals surface area contributed by atoms with E-state index in [1.165, 1.54) is 37.5 Å². The van der Waals surface area contributed by atoms with Gasteiger partial charge in [0.1, 0.15) is 17.3 Å². The van der Waals surface area contributed by atoms with Crippen molar-refractivity contribution in [2.75, 3.05) is 11.9 Å². The lowest BCUT2D eigenvalue weighted by Gasteiger charge is -2.26. The third kappa shape index (κ3) is 3.60. The molecule has 1 saturated carbocycles. The van der Waals surface area contributed by atoms with Crippen LogP contribution in [0, 0.1) is 25.5 Å². The number of Topliss-reactive ketones (excluding diaryl/α,β-unsaturated/α-hetero) is 1. The van der Waals surface area contributed by atoms with Crippen molar-refractivity contribution in [1.29, 1.82) is 0 Å². The van der Waals surface area contributed by atoms with E-state index >= 15 is 0 Å². The fourth-order valence-corrected chi connectivity index (χ4v) is 3.89. The highest BCUT2D eigenvalue weighted by Crippen LogP contribution is 2.32. The van der Waals surface area contributed by atoms with Crippen LogP contribution < -0.4 is 5.32 Å². The fraction of sp³-hybridized carbons (Fsp3) is 0.450. The molecule has 0 unspecified atom stereocenters. The highest BCUT2D eigenvalue weighted by molar-refractivity contribution is 6.00. The van der Waals surface area contributed by atoms with Gasteiger partial charge in [-0.1, -0.05) is 25.3 Å². The Bertz CT molecular complexity index is 756. The minimum atomic E-state index is -0.694. The maximum Gasteiger partial charge on any atom is 0.183 e. The van der Waals surface area contributed by atoms with Gasteiger partial charge in [0.15, 0.2) is 5.78 Å². The predicted octanol–water partition coefficient (Wildman–Crippen LogP) is 5.18. The molecule has 3 rings (SSSR count). The third-order valence-corrected chi connectivity index (χ3v) is 5.11. The van der Waals surface area contributed by atoms with Gasteiger partial charge in [-0.15, -0.1) is 0 Å². The molecule has 1 aliphatic carbocycles. The van der Waals surface area contributed by atoms with Crippen LogP contribution >= 0.6 is 0 Å². The lowest BCUT2D eigenvalue weighted by atomic mass is 9.95. The van der Waals surface area contributed by atoms with Gasteiger partial charge in [0.05, 0.1) is 6.54 Å². The van der Waals surface area contributed by atoms with Crippen LogP contribution in [0.1, 0.15) is 59.9 Å². The first-order valence-corrected chi connectivity index (χ1v) is 8.88. The predicted molar refractivity (Wildman–Crippen MR) is 95.2 cm³/mol. The average Bonchev–Trinajstić information content (AvgIpc) is 2.89. The summed E-state index contributed by atoms with van der Waals surface area (Å²) >= 11 is 0. The first kappa shape index (κ1) is 17.6. The van der Waals surface area contributed by atoms with Crippen LogP contribution in [-0.4, -0.2) is 16.9 Å². The van der Waals surface area contributed by atoms with E-state index in [1.807, 2.05) is 19.9 Å². The molecule has 1 aliphatic rings. The van der Waals surface area contributed by atoms with E-state index in [2.05, 4.69) is 9.88 Å². The summed E-state index contributed by atoms with van der Waals surface area (Å²) in [7, 11) is 0. The van der Waals surface area contributed by atoms with Crippen molar-refractivity contribution in [3.05, 3.63) is 52.9 Å². The van der Waals surface area contributed by atoms with E-state index in [9.17, 15) is 13.6 Å². The van der Waals surface area contributed by atoms with Crippen LogP contribution in [0.2, 0.25) is 0 Å². The Morgan fingerprint density at radius 1 is 1.16 bits per heavy atom. The molecule has 0 atom stereocenters. The number of aromatic nitrogens is 1. The summed E-state index contributed by atoms with van der Waals surface area (Å²) < 4.78 is 29.6. The first-order valence-electron chi connectivity index (χ1n) is 8.88. The number of nitrogens with zero attached hydrogens (tertiary/aromatic N) is 1. The summed E-state index contributed by atoms with van der Waals surface area (Å²) in [5, 5.41) is 2.61. The van der Waals surface area contributed by atoms with Crippen molar-refractivity contribution in [3.8, 4) is 0 Å². The van der Waals surface area contributed by atoms with Crippen LogP contribution in [0.15, 0.2) is 24.3 Å². The van der Waals surface area contributed by atoms with Gasteiger partial charge in [-0.25, -0.2) is 8.78 Å². The van der Waals surface area contributed by atoms with Crippen LogP contribution in [0.5, 0.6) is 0 Å². The average molecular weight is 346 g/mol. The second kappa shape index (κ2) is 7.38. The number of aryl methyl sites for hydroxylation is 1. The topological polar surface area (TPSA) is 34.0 Å². The maximum atomic E-state index is 13.7. The van der Waals surface area contributed by atoms with Gasteiger partial charge in [-0.2, -0.15) is 0 Å². The summed E-state index contributed by atoms with van der Waals surface area (Å²) in [5.74, 6) is -1.54. The molecule has 1 aromatic carbocycles. The molecule has 5 heteroatoms. The van der Waals surface area contributed by atoms with Crippen LogP contribution in [0.3, 0.4) is 0 Å². The van der Waals surface area contributed by atoms with Gasteiger partial charge < -0.3 is 9.88 Å². The zero-order valence-electron chi connectivity index (χ0n) is 14.7. The summed E-state index contributed by atoms with van der Waals surface area (Å²) in [6.45, 7) is 3.84. The molecule has 1 heterocycles. The van der Waals surface area contributed by atoms with Crippen LogP contribution in [-0.2, 0) is 0 Å². The molecule has 0 amide bonds. The van der Waals surface area contributed by atoms with E-state index in [-0.39, 0.29) is 18.0 Å². The van der Waals surface area contributed by atoms with Crippen LogP contribution in [0.25, 0.3) is 0 Å². The lowest BCUT2D eigenvalue weighted by Crippen LogP contribution is -2.18. The van der Waals surface area contributed by atoms with Gasteiger partial charge in [0, 0.05) is 23.0 Å². The van der Waals surface area contributed by atoms with E-state index in [4.69, 9.17) is 0 Å². The number of hydrogen-bond acceptors (Lipinski definition) is 2. The van der Waals surface area contributed by atoms with E-state index in [0.29, 0.717) is 11.6 Å². The summed E-state index contributed by atoms with van der Waals surface area (Å²) in [6, 6.07) is 5.99. The van der Waals surface area contributed by atoms with Gasteiger partial charge in [0.2, 0.25) is 0 Å². The summed E-state index contributed by atoms with van der Waals surface area (Å²) in [6.07, 6.45) is 6.00. The van der Waals surface area contributed by atoms with Gasteiger partial charge in [-0.3, -0.25) is 4.79 Å². The summed E-state index contributed by atoms with van der Waals surface area (Å²) in [4.78, 5) is 12.6. The van der Waals surface area contributed by atoms with Crippen molar-refractivity contribution < 1.29 is 13.6 Å². The molecule has 0 bridgehead atoms. The molecule has 25 heavy (non-hydrogen) atoms. The number of carbonyl (C=O) groups excluding carboxylic acids is 1. The molecular formula is C20H24F2N2O. The van der Waals surface area contributed by atoms with Crippen molar-refractivity contribution in [2.45, 2.75) is 52.0 Å². The fourth-order valence-electron chi connectivity index (χ4n) is 3.89. The van der Waals surface area contributed by atoms with Crippen molar-refractivity contribution >= 4 is 11.5 Å². The summed E-state index contributed by atoms with van der Waals surface area (Å²) in [5.41, 5.74) is 2.40. The van der Waals surface area contributed by atoms with Crippen molar-refractivity contribution in [1.82, 2.24) is 4.57 Å². The van der Waals surface area contributed by atoms with E-state index < -0.39 is 11.6 Å². The minimum Gasteiger partial charge on any atom is -0.373 e. The molecule has 1 aromatic heterocycles. The third-order valence-electron chi connectivity index (χ3n) is 5.11. The normalized spacial score (nSPS) is 15.4. The molecule has 1 fully saturated rings. The Kier molecular flexibility index (Phi) is 5.21. The number of benzene rings is 1. The van der Waals surface area contributed by atoms with Crippen molar-refractivity contribution in [2.24, 2.45) is 0 Å². The van der Waals surface area contributed by atoms with E-state index in [0.717, 1.165) is 24.2 Å². The Morgan fingerprint density at radius 3 is 2.44 bits per heavy atom. The Hall–Kier alpha value is -2.17. The second-order valence-corrected chi connectivity index (χ2v) is 6.82. The Balaban J connectivity index is 1.76. The number of carbonyl (C=O) groups is 1. The molecule has 0 radical (unpaired) electrons. The number of nitrogens with one attached hydrogen (secondary N) is 1. The second-order valence-electron chi connectivity index (χ2n) is 6.82.